The van der Waals surface area contributed by atoms with Gasteiger partial charge < -0.3 is 19.0 Å². The van der Waals surface area contributed by atoms with Crippen molar-refractivity contribution in [1.29, 1.82) is 0 Å². The first-order valence-corrected chi connectivity index (χ1v) is 7.38. The molecule has 1 heterocycles. The highest BCUT2D eigenvalue weighted by atomic mass is 16.5. The molecule has 7 nitrogen and oxygen atoms in total. The molecule has 0 saturated heterocycles. The summed E-state index contributed by atoms with van der Waals surface area (Å²) in [6, 6.07) is 10.2. The number of carbonyl (C=O) groups is 1. The van der Waals surface area contributed by atoms with Gasteiger partial charge in [-0.15, -0.1) is 0 Å². The Morgan fingerprint density at radius 2 is 1.96 bits per heavy atom. The van der Waals surface area contributed by atoms with Crippen LogP contribution in [0.5, 0.6) is 17.2 Å². The Morgan fingerprint density at radius 1 is 1.20 bits per heavy atom. The number of benzene rings is 2. The quantitative estimate of drug-likeness (QED) is 0.550. The predicted octanol–water partition coefficient (Wildman–Crippen LogP) is 2.92. The molecule has 0 bridgehead atoms. The molecule has 0 saturated carbocycles. The van der Waals surface area contributed by atoms with Crippen LogP contribution >= 0.6 is 0 Å². The number of phenols is 1. The molecule has 0 aliphatic rings. The zero-order chi connectivity index (χ0) is 17.8. The average Bonchev–Trinajstić information content (AvgIpc) is 3.08. The van der Waals surface area contributed by atoms with Crippen LogP contribution in [0.4, 0.5) is 0 Å². The molecule has 0 spiro atoms. The predicted molar refractivity (Wildman–Crippen MR) is 92.5 cm³/mol. The number of nitrogens with zero attached hydrogens (tertiary/aromatic N) is 1. The number of phenolic OH excluding ortho intramolecular Hbond substituents is 1. The highest BCUT2D eigenvalue weighted by molar-refractivity contribution is 6.05. The maximum atomic E-state index is 12.4. The number of amides is 1. The third kappa shape index (κ3) is 3.25. The van der Waals surface area contributed by atoms with Crippen molar-refractivity contribution in [2.75, 3.05) is 14.2 Å². The summed E-state index contributed by atoms with van der Waals surface area (Å²) in [5.41, 5.74) is 3.57. The van der Waals surface area contributed by atoms with Crippen molar-refractivity contribution in [1.82, 2.24) is 5.43 Å². The monoisotopic (exact) mass is 340 g/mol. The summed E-state index contributed by atoms with van der Waals surface area (Å²) in [7, 11) is 3.00. The van der Waals surface area contributed by atoms with E-state index in [0.717, 1.165) is 11.3 Å². The standard InChI is InChI=1S/C18H16N2O5/c1-23-12-5-3-11(4-6-12)10-19-20-18(22)16-14(21)9-15-13(7-8-25-15)17(16)24-2/h3-10,21H,1-2H3,(H,20,22)/b19-10+. The van der Waals surface area contributed by atoms with Crippen LogP contribution in [0, 0.1) is 0 Å². The minimum absolute atomic E-state index is 0.0109. The van der Waals surface area contributed by atoms with Gasteiger partial charge in [-0.05, 0) is 35.9 Å². The second kappa shape index (κ2) is 6.96. The third-order valence-corrected chi connectivity index (χ3v) is 3.62. The van der Waals surface area contributed by atoms with Crippen LogP contribution in [0.2, 0.25) is 0 Å². The van der Waals surface area contributed by atoms with Crippen molar-refractivity contribution < 1.29 is 23.8 Å². The number of hydrazone groups is 1. The molecule has 7 heteroatoms. The molecular formula is C18H16N2O5. The number of hydrogen-bond acceptors (Lipinski definition) is 6. The van der Waals surface area contributed by atoms with Crippen LogP contribution in [-0.2, 0) is 0 Å². The fourth-order valence-corrected chi connectivity index (χ4v) is 2.41. The lowest BCUT2D eigenvalue weighted by Crippen LogP contribution is -2.18. The topological polar surface area (TPSA) is 93.3 Å². The van der Waals surface area contributed by atoms with E-state index in [0.29, 0.717) is 11.0 Å². The van der Waals surface area contributed by atoms with E-state index in [1.807, 2.05) is 0 Å². The molecular weight excluding hydrogens is 324 g/mol. The number of ether oxygens (including phenoxy) is 2. The van der Waals surface area contributed by atoms with Gasteiger partial charge in [0.15, 0.2) is 0 Å². The van der Waals surface area contributed by atoms with E-state index in [9.17, 15) is 9.90 Å². The van der Waals surface area contributed by atoms with E-state index in [2.05, 4.69) is 10.5 Å². The van der Waals surface area contributed by atoms with Crippen molar-refractivity contribution in [3.63, 3.8) is 0 Å². The Labute approximate surface area is 143 Å². The second-order valence-corrected chi connectivity index (χ2v) is 5.11. The van der Waals surface area contributed by atoms with E-state index >= 15 is 0 Å². The van der Waals surface area contributed by atoms with E-state index < -0.39 is 5.91 Å². The SMILES string of the molecule is COc1ccc(/C=N/NC(=O)c2c(O)cc3occc3c2OC)cc1. The molecule has 3 aromatic rings. The summed E-state index contributed by atoms with van der Waals surface area (Å²) in [5, 5.41) is 14.6. The number of fused-ring (bicyclic) bond motifs is 1. The molecule has 0 radical (unpaired) electrons. The Morgan fingerprint density at radius 3 is 2.64 bits per heavy atom. The first-order chi connectivity index (χ1) is 12.1. The van der Waals surface area contributed by atoms with Crippen LogP contribution < -0.4 is 14.9 Å². The number of methoxy groups -OCH3 is 2. The van der Waals surface area contributed by atoms with Gasteiger partial charge in [-0.25, -0.2) is 5.43 Å². The molecule has 0 unspecified atom stereocenters. The van der Waals surface area contributed by atoms with Crippen LogP contribution in [0.15, 0.2) is 52.2 Å². The molecule has 0 fully saturated rings. The van der Waals surface area contributed by atoms with Gasteiger partial charge in [-0.1, -0.05) is 0 Å². The second-order valence-electron chi connectivity index (χ2n) is 5.11. The molecule has 0 aliphatic heterocycles. The first-order valence-electron chi connectivity index (χ1n) is 7.38. The number of carbonyl (C=O) groups excluding carboxylic acids is 1. The number of hydrogen-bond donors (Lipinski definition) is 2. The lowest BCUT2D eigenvalue weighted by atomic mass is 10.1. The summed E-state index contributed by atoms with van der Waals surface area (Å²) in [4.78, 5) is 12.4. The zero-order valence-electron chi connectivity index (χ0n) is 13.6. The van der Waals surface area contributed by atoms with Crippen molar-refractivity contribution in [2.24, 2.45) is 5.10 Å². The molecule has 25 heavy (non-hydrogen) atoms. The summed E-state index contributed by atoms with van der Waals surface area (Å²) >= 11 is 0. The maximum Gasteiger partial charge on any atom is 0.278 e. The lowest BCUT2D eigenvalue weighted by Gasteiger charge is -2.10. The third-order valence-electron chi connectivity index (χ3n) is 3.62. The van der Waals surface area contributed by atoms with Crippen LogP contribution in [0.3, 0.4) is 0 Å². The lowest BCUT2D eigenvalue weighted by molar-refractivity contribution is 0.0949. The number of furan rings is 1. The first kappa shape index (κ1) is 16.4. The van der Waals surface area contributed by atoms with E-state index in [-0.39, 0.29) is 17.1 Å². The minimum atomic E-state index is -0.595. The van der Waals surface area contributed by atoms with Crippen LogP contribution in [-0.4, -0.2) is 31.4 Å². The van der Waals surface area contributed by atoms with Crippen molar-refractivity contribution in [3.05, 3.63) is 53.8 Å². The molecule has 1 amide bonds. The maximum absolute atomic E-state index is 12.4. The molecule has 128 valence electrons. The average molecular weight is 340 g/mol. The van der Waals surface area contributed by atoms with Gasteiger partial charge in [0.2, 0.25) is 0 Å². The summed E-state index contributed by atoms with van der Waals surface area (Å²) < 4.78 is 15.6. The van der Waals surface area contributed by atoms with Gasteiger partial charge in [0.05, 0.1) is 32.1 Å². The minimum Gasteiger partial charge on any atom is -0.507 e. The molecule has 0 atom stereocenters. The Kier molecular flexibility index (Phi) is 4.56. The van der Waals surface area contributed by atoms with Gasteiger partial charge >= 0.3 is 0 Å². The van der Waals surface area contributed by atoms with Crippen molar-refractivity contribution in [3.8, 4) is 17.2 Å². The van der Waals surface area contributed by atoms with Gasteiger partial charge in [-0.3, -0.25) is 4.79 Å². The molecule has 0 aliphatic carbocycles. The molecule has 2 N–H and O–H groups in total. The Balaban J connectivity index is 1.82. The Hall–Kier alpha value is -3.48. The number of aromatic hydroxyl groups is 1. The highest BCUT2D eigenvalue weighted by Gasteiger charge is 2.21. The summed E-state index contributed by atoms with van der Waals surface area (Å²) in [5.74, 6) is 0.101. The molecule has 1 aromatic heterocycles. The van der Waals surface area contributed by atoms with E-state index in [1.54, 1.807) is 37.4 Å². The van der Waals surface area contributed by atoms with Gasteiger partial charge in [-0.2, -0.15) is 5.10 Å². The normalized spacial score (nSPS) is 11.0. The molecule has 2 aromatic carbocycles. The molecule has 3 rings (SSSR count). The van der Waals surface area contributed by atoms with Gasteiger partial charge in [0.1, 0.15) is 28.4 Å². The van der Waals surface area contributed by atoms with Gasteiger partial charge in [0, 0.05) is 6.07 Å². The van der Waals surface area contributed by atoms with Gasteiger partial charge in [0.25, 0.3) is 5.91 Å². The fraction of sp³-hybridized carbons (Fsp3) is 0.111. The van der Waals surface area contributed by atoms with Crippen LogP contribution in [0.25, 0.3) is 11.0 Å². The number of nitrogens with one attached hydrogen (secondary N) is 1. The van der Waals surface area contributed by atoms with Crippen molar-refractivity contribution >= 4 is 23.1 Å². The van der Waals surface area contributed by atoms with Crippen molar-refractivity contribution in [2.45, 2.75) is 0 Å². The Bertz CT molecular complexity index is 929. The summed E-state index contributed by atoms with van der Waals surface area (Å²) in [6.45, 7) is 0. The largest absolute Gasteiger partial charge is 0.507 e. The van der Waals surface area contributed by atoms with Crippen LogP contribution in [0.1, 0.15) is 15.9 Å². The highest BCUT2D eigenvalue weighted by Crippen LogP contribution is 2.36. The zero-order valence-corrected chi connectivity index (χ0v) is 13.6. The van der Waals surface area contributed by atoms with E-state index in [4.69, 9.17) is 13.9 Å². The smallest absolute Gasteiger partial charge is 0.278 e. The van der Waals surface area contributed by atoms with E-state index in [1.165, 1.54) is 25.7 Å². The fourth-order valence-electron chi connectivity index (χ4n) is 2.41. The number of rotatable bonds is 5. The summed E-state index contributed by atoms with van der Waals surface area (Å²) in [6.07, 6.45) is 2.94.